The molecule has 0 bridgehead atoms. The van der Waals surface area contributed by atoms with Gasteiger partial charge in [0.25, 0.3) is 0 Å². The molecule has 0 radical (unpaired) electrons. The minimum absolute atomic E-state index is 0.125. The molecule has 3 N–H and O–H groups in total. The number of nitrogens with zero attached hydrogens (tertiary/aromatic N) is 1. The molecule has 0 aliphatic heterocycles. The number of aromatic nitrogens is 2. The van der Waals surface area contributed by atoms with Gasteiger partial charge in [0.2, 0.25) is 15.9 Å². The van der Waals surface area contributed by atoms with Crippen molar-refractivity contribution < 1.29 is 13.2 Å². The summed E-state index contributed by atoms with van der Waals surface area (Å²) in [5.74, 6) is 0.429. The zero-order valence-corrected chi connectivity index (χ0v) is 17.2. The highest BCUT2D eigenvalue weighted by molar-refractivity contribution is 7.89. The number of rotatable bonds is 8. The van der Waals surface area contributed by atoms with Crippen LogP contribution in [0.3, 0.4) is 0 Å². The number of imidazole rings is 1. The summed E-state index contributed by atoms with van der Waals surface area (Å²) in [5, 5.41) is 2.70. The van der Waals surface area contributed by atoms with Crippen molar-refractivity contribution in [3.8, 4) is 11.3 Å². The maximum atomic E-state index is 12.8. The Balaban J connectivity index is 1.76. The molecular formula is C21H24N4O3S. The summed E-state index contributed by atoms with van der Waals surface area (Å²) in [6.07, 6.45) is 2.59. The van der Waals surface area contributed by atoms with Gasteiger partial charge in [0.15, 0.2) is 0 Å². The van der Waals surface area contributed by atoms with Gasteiger partial charge in [0, 0.05) is 12.1 Å². The highest BCUT2D eigenvalue weighted by atomic mass is 32.2. The van der Waals surface area contributed by atoms with Crippen molar-refractivity contribution in [1.82, 2.24) is 14.7 Å². The monoisotopic (exact) mass is 412 g/mol. The molecule has 0 aliphatic rings. The van der Waals surface area contributed by atoms with Crippen molar-refractivity contribution in [3.05, 3.63) is 66.6 Å². The summed E-state index contributed by atoms with van der Waals surface area (Å²) >= 11 is 0. The first kappa shape index (κ1) is 20.8. The number of aromatic amines is 1. The van der Waals surface area contributed by atoms with E-state index >= 15 is 0 Å². The minimum atomic E-state index is -3.75. The molecule has 1 atom stereocenters. The number of hydrogen-bond acceptors (Lipinski definition) is 4. The lowest BCUT2D eigenvalue weighted by molar-refractivity contribution is -0.115. The van der Waals surface area contributed by atoms with Crippen LogP contribution in [0.4, 0.5) is 5.69 Å². The number of nitrogens with one attached hydrogen (secondary N) is 3. The predicted octanol–water partition coefficient (Wildman–Crippen LogP) is 3.85. The molecule has 0 saturated heterocycles. The second-order valence-electron chi connectivity index (χ2n) is 6.56. The quantitative estimate of drug-likeness (QED) is 0.523. The predicted molar refractivity (Wildman–Crippen MR) is 113 cm³/mol. The fourth-order valence-electron chi connectivity index (χ4n) is 2.83. The number of H-pyrrole nitrogens is 1. The van der Waals surface area contributed by atoms with Crippen LogP contribution in [0, 0.1) is 0 Å². The minimum Gasteiger partial charge on any atom is -0.341 e. The van der Waals surface area contributed by atoms with Gasteiger partial charge in [-0.3, -0.25) is 4.79 Å². The molecule has 3 rings (SSSR count). The number of benzene rings is 2. The normalized spacial score (nSPS) is 12.5. The average molecular weight is 413 g/mol. The molecule has 2 aromatic carbocycles. The third-order valence-corrected chi connectivity index (χ3v) is 5.97. The van der Waals surface area contributed by atoms with Crippen molar-refractivity contribution in [1.29, 1.82) is 0 Å². The zero-order valence-electron chi connectivity index (χ0n) is 16.3. The van der Waals surface area contributed by atoms with Crippen LogP contribution in [0.1, 0.15) is 38.6 Å². The first-order valence-electron chi connectivity index (χ1n) is 9.45. The molecule has 152 valence electrons. The Bertz CT molecular complexity index is 1060. The Morgan fingerprint density at radius 1 is 1.07 bits per heavy atom. The molecule has 0 spiro atoms. The van der Waals surface area contributed by atoms with E-state index in [1.807, 2.05) is 37.3 Å². The highest BCUT2D eigenvalue weighted by Crippen LogP contribution is 2.23. The van der Waals surface area contributed by atoms with Crippen LogP contribution < -0.4 is 10.0 Å². The third-order valence-electron chi connectivity index (χ3n) is 4.49. The highest BCUT2D eigenvalue weighted by Gasteiger charge is 2.22. The van der Waals surface area contributed by atoms with Gasteiger partial charge in [0.1, 0.15) is 5.82 Å². The van der Waals surface area contributed by atoms with E-state index in [9.17, 15) is 13.2 Å². The summed E-state index contributed by atoms with van der Waals surface area (Å²) in [4.78, 5) is 19.2. The molecular weight excluding hydrogens is 388 g/mol. The number of amides is 1. The molecule has 7 nitrogen and oxygen atoms in total. The maximum Gasteiger partial charge on any atom is 0.241 e. The molecule has 0 saturated carbocycles. The van der Waals surface area contributed by atoms with E-state index in [2.05, 4.69) is 20.0 Å². The van der Waals surface area contributed by atoms with Crippen LogP contribution in [0.5, 0.6) is 0 Å². The Labute approximate surface area is 170 Å². The van der Waals surface area contributed by atoms with Crippen molar-refractivity contribution in [2.75, 3.05) is 5.32 Å². The van der Waals surface area contributed by atoms with Crippen molar-refractivity contribution in [3.63, 3.8) is 0 Å². The van der Waals surface area contributed by atoms with E-state index in [1.54, 1.807) is 25.3 Å². The largest absolute Gasteiger partial charge is 0.341 e. The SMILES string of the molecule is CCC(=O)Nc1ccc(S(=O)(=O)NC(CC)c2ncc(-c3ccccc3)[nH]2)cc1. The summed E-state index contributed by atoms with van der Waals surface area (Å²) in [6, 6.07) is 15.3. The van der Waals surface area contributed by atoms with Gasteiger partial charge in [-0.1, -0.05) is 44.2 Å². The summed E-state index contributed by atoms with van der Waals surface area (Å²) in [5.41, 5.74) is 2.37. The van der Waals surface area contributed by atoms with Gasteiger partial charge in [-0.15, -0.1) is 0 Å². The lowest BCUT2D eigenvalue weighted by Crippen LogP contribution is -2.29. The maximum absolute atomic E-state index is 12.8. The number of carbonyl (C=O) groups is 1. The average Bonchev–Trinajstić information content (AvgIpc) is 3.23. The van der Waals surface area contributed by atoms with Gasteiger partial charge >= 0.3 is 0 Å². The lowest BCUT2D eigenvalue weighted by atomic mass is 10.2. The topological polar surface area (TPSA) is 104 Å². The van der Waals surface area contributed by atoms with Crippen molar-refractivity contribution in [2.45, 2.75) is 37.6 Å². The molecule has 1 unspecified atom stereocenters. The molecule has 0 fully saturated rings. The number of sulfonamides is 1. The molecule has 1 heterocycles. The van der Waals surface area contributed by atoms with E-state index in [-0.39, 0.29) is 10.8 Å². The van der Waals surface area contributed by atoms with Gasteiger partial charge in [-0.05, 0) is 36.2 Å². The Hall–Kier alpha value is -2.97. The summed E-state index contributed by atoms with van der Waals surface area (Å²) in [6.45, 7) is 3.64. The molecule has 29 heavy (non-hydrogen) atoms. The molecule has 3 aromatic rings. The lowest BCUT2D eigenvalue weighted by Gasteiger charge is -2.15. The van der Waals surface area contributed by atoms with Gasteiger partial charge in [-0.25, -0.2) is 18.1 Å². The molecule has 8 heteroatoms. The summed E-state index contributed by atoms with van der Waals surface area (Å²) < 4.78 is 28.3. The zero-order chi connectivity index (χ0) is 20.9. The number of carbonyl (C=O) groups excluding carboxylic acids is 1. The molecule has 0 aliphatic carbocycles. The third kappa shape index (κ3) is 5.10. The molecule has 1 aromatic heterocycles. The van der Waals surface area contributed by atoms with Gasteiger partial charge in [-0.2, -0.15) is 0 Å². The Morgan fingerprint density at radius 3 is 2.38 bits per heavy atom. The number of anilines is 1. The Kier molecular flexibility index (Phi) is 6.46. The van der Waals surface area contributed by atoms with Crippen LogP contribution in [0.2, 0.25) is 0 Å². The Morgan fingerprint density at radius 2 is 1.76 bits per heavy atom. The van der Waals surface area contributed by atoms with E-state index in [0.29, 0.717) is 24.4 Å². The smallest absolute Gasteiger partial charge is 0.241 e. The van der Waals surface area contributed by atoms with Crippen molar-refractivity contribution >= 4 is 21.6 Å². The van der Waals surface area contributed by atoms with E-state index in [4.69, 9.17) is 0 Å². The van der Waals surface area contributed by atoms with Crippen LogP contribution in [-0.4, -0.2) is 24.3 Å². The fourth-order valence-corrected chi connectivity index (χ4v) is 4.12. The van der Waals surface area contributed by atoms with Crippen LogP contribution in [0.25, 0.3) is 11.3 Å². The first-order valence-corrected chi connectivity index (χ1v) is 10.9. The van der Waals surface area contributed by atoms with Gasteiger partial charge in [0.05, 0.1) is 22.8 Å². The second kappa shape index (κ2) is 9.02. The molecule has 1 amide bonds. The van der Waals surface area contributed by atoms with Crippen LogP contribution in [0.15, 0.2) is 65.7 Å². The standard InChI is InChI=1S/C21H24N4O3S/c1-3-18(21-22-14-19(24-21)15-8-6-5-7-9-15)25-29(27,28)17-12-10-16(11-13-17)23-20(26)4-2/h5-14,18,25H,3-4H2,1-2H3,(H,22,24)(H,23,26). The van der Waals surface area contributed by atoms with E-state index < -0.39 is 16.1 Å². The van der Waals surface area contributed by atoms with Crippen molar-refractivity contribution in [2.24, 2.45) is 0 Å². The van der Waals surface area contributed by atoms with Crippen LogP contribution in [-0.2, 0) is 14.8 Å². The van der Waals surface area contributed by atoms with Gasteiger partial charge < -0.3 is 10.3 Å². The fraction of sp³-hybridized carbons (Fsp3) is 0.238. The summed E-state index contributed by atoms with van der Waals surface area (Å²) in [7, 11) is -3.75. The van der Waals surface area contributed by atoms with Crippen LogP contribution >= 0.6 is 0 Å². The van der Waals surface area contributed by atoms with E-state index in [0.717, 1.165) is 11.3 Å². The van der Waals surface area contributed by atoms with E-state index in [1.165, 1.54) is 12.1 Å². The first-order chi connectivity index (χ1) is 13.9. The number of hydrogen-bond donors (Lipinski definition) is 3. The second-order valence-corrected chi connectivity index (χ2v) is 8.27.